The molecule has 0 atom stereocenters. The number of rotatable bonds is 2. The van der Waals surface area contributed by atoms with Crippen LogP contribution in [0.5, 0.6) is 0 Å². The fourth-order valence-corrected chi connectivity index (χ4v) is 3.14. The van der Waals surface area contributed by atoms with E-state index in [0.717, 1.165) is 10.2 Å². The average molecular weight is 298 g/mol. The number of carbonyl (C=O) groups is 1. The van der Waals surface area contributed by atoms with Crippen molar-refractivity contribution in [2.75, 3.05) is 0 Å². The van der Waals surface area contributed by atoms with Crippen LogP contribution in [-0.4, -0.2) is 10.5 Å². The Kier molecular flexibility index (Phi) is 3.58. The Hall–Kier alpha value is -2.40. The highest BCUT2D eigenvalue weighted by atomic mass is 32.1. The van der Waals surface area contributed by atoms with E-state index in [4.69, 9.17) is 4.42 Å². The standard InChI is InChI=1S/C16H14N2O2S/c1-11-5-7-13-14(10-11)21-16(18(13)2)17-15(19)8-6-12-4-3-9-20-12/h3-10H,1-2H3. The van der Waals surface area contributed by atoms with Crippen LogP contribution in [0.4, 0.5) is 0 Å². The lowest BCUT2D eigenvalue weighted by Crippen LogP contribution is -2.12. The minimum absolute atomic E-state index is 0.301. The van der Waals surface area contributed by atoms with Crippen molar-refractivity contribution in [3.05, 3.63) is 58.8 Å². The maximum atomic E-state index is 11.9. The number of aromatic nitrogens is 1. The van der Waals surface area contributed by atoms with Gasteiger partial charge in [0.2, 0.25) is 0 Å². The van der Waals surface area contributed by atoms with Crippen molar-refractivity contribution in [1.82, 2.24) is 4.57 Å². The third-order valence-electron chi connectivity index (χ3n) is 3.10. The highest BCUT2D eigenvalue weighted by molar-refractivity contribution is 7.16. The number of amides is 1. The first kappa shape index (κ1) is 13.6. The van der Waals surface area contributed by atoms with Crippen molar-refractivity contribution < 1.29 is 9.21 Å². The third-order valence-corrected chi connectivity index (χ3v) is 4.20. The number of benzene rings is 1. The van der Waals surface area contributed by atoms with E-state index in [1.165, 1.54) is 23.0 Å². The summed E-state index contributed by atoms with van der Waals surface area (Å²) < 4.78 is 8.19. The molecule has 0 N–H and O–H groups in total. The van der Waals surface area contributed by atoms with Gasteiger partial charge in [0.1, 0.15) is 5.76 Å². The monoisotopic (exact) mass is 298 g/mol. The Bertz CT molecular complexity index is 883. The summed E-state index contributed by atoms with van der Waals surface area (Å²) in [5, 5.41) is 0. The minimum atomic E-state index is -0.301. The smallest absolute Gasteiger partial charge is 0.272 e. The van der Waals surface area contributed by atoms with Crippen molar-refractivity contribution in [2.24, 2.45) is 12.0 Å². The fourth-order valence-electron chi connectivity index (χ4n) is 2.02. The SMILES string of the molecule is Cc1ccc2c(c1)sc(=NC(=O)C=Cc1ccco1)n2C. The molecule has 1 amide bonds. The zero-order valence-electron chi connectivity index (χ0n) is 11.7. The maximum Gasteiger partial charge on any atom is 0.272 e. The molecule has 0 aliphatic carbocycles. The highest BCUT2D eigenvalue weighted by Crippen LogP contribution is 2.17. The summed E-state index contributed by atoms with van der Waals surface area (Å²) in [6, 6.07) is 9.75. The normalized spacial score (nSPS) is 12.6. The number of hydrogen-bond donors (Lipinski definition) is 0. The van der Waals surface area contributed by atoms with Crippen LogP contribution in [-0.2, 0) is 11.8 Å². The molecule has 0 unspecified atom stereocenters. The van der Waals surface area contributed by atoms with Gasteiger partial charge in [-0.15, -0.1) is 0 Å². The van der Waals surface area contributed by atoms with E-state index < -0.39 is 0 Å². The van der Waals surface area contributed by atoms with Crippen molar-refractivity contribution >= 4 is 33.5 Å². The fraction of sp³-hybridized carbons (Fsp3) is 0.125. The zero-order chi connectivity index (χ0) is 14.8. The van der Waals surface area contributed by atoms with Gasteiger partial charge in [-0.3, -0.25) is 4.79 Å². The molecule has 0 saturated carbocycles. The molecule has 0 aliphatic rings. The Labute approximate surface area is 125 Å². The lowest BCUT2D eigenvalue weighted by Gasteiger charge is -1.95. The molecule has 0 aliphatic heterocycles. The number of aryl methyl sites for hydroxylation is 2. The molecule has 2 aromatic heterocycles. The van der Waals surface area contributed by atoms with Gasteiger partial charge in [-0.05, 0) is 42.8 Å². The molecule has 5 heteroatoms. The summed E-state index contributed by atoms with van der Waals surface area (Å²) in [7, 11) is 1.91. The molecular formula is C16H14N2O2S. The topological polar surface area (TPSA) is 47.5 Å². The molecular weight excluding hydrogens is 284 g/mol. The summed E-state index contributed by atoms with van der Waals surface area (Å²) in [5.41, 5.74) is 2.27. The van der Waals surface area contributed by atoms with Gasteiger partial charge < -0.3 is 8.98 Å². The lowest BCUT2D eigenvalue weighted by molar-refractivity contribution is -0.113. The Morgan fingerprint density at radius 2 is 2.24 bits per heavy atom. The number of carbonyl (C=O) groups excluding carboxylic acids is 1. The molecule has 3 rings (SSSR count). The number of furan rings is 1. The number of thiazole rings is 1. The Morgan fingerprint density at radius 1 is 1.38 bits per heavy atom. The summed E-state index contributed by atoms with van der Waals surface area (Å²) in [4.78, 5) is 16.7. The second-order valence-electron chi connectivity index (χ2n) is 4.71. The van der Waals surface area contributed by atoms with Crippen molar-refractivity contribution in [1.29, 1.82) is 0 Å². The molecule has 0 fully saturated rings. The first-order chi connectivity index (χ1) is 10.1. The van der Waals surface area contributed by atoms with Crippen molar-refractivity contribution in [3.8, 4) is 0 Å². The molecule has 2 heterocycles. The molecule has 3 aromatic rings. The molecule has 0 saturated heterocycles. The predicted molar refractivity (Wildman–Crippen MR) is 83.8 cm³/mol. The summed E-state index contributed by atoms with van der Waals surface area (Å²) in [5.74, 6) is 0.333. The third kappa shape index (κ3) is 2.87. The van der Waals surface area contributed by atoms with Crippen LogP contribution in [0.3, 0.4) is 0 Å². The summed E-state index contributed by atoms with van der Waals surface area (Å²) in [6.07, 6.45) is 4.59. The van der Waals surface area contributed by atoms with Crippen LogP contribution >= 0.6 is 11.3 Å². The quantitative estimate of drug-likeness (QED) is 0.682. The second-order valence-corrected chi connectivity index (χ2v) is 5.72. The maximum absolute atomic E-state index is 11.9. The molecule has 4 nitrogen and oxygen atoms in total. The van der Waals surface area contributed by atoms with Gasteiger partial charge in [-0.25, -0.2) is 0 Å². The van der Waals surface area contributed by atoms with Gasteiger partial charge in [0.05, 0.1) is 16.5 Å². The number of hydrogen-bond acceptors (Lipinski definition) is 3. The number of fused-ring (bicyclic) bond motifs is 1. The van der Waals surface area contributed by atoms with E-state index in [1.54, 1.807) is 24.5 Å². The summed E-state index contributed by atoms with van der Waals surface area (Å²) >= 11 is 1.51. The minimum Gasteiger partial charge on any atom is -0.465 e. The van der Waals surface area contributed by atoms with Crippen LogP contribution in [0.15, 0.2) is 52.1 Å². The highest BCUT2D eigenvalue weighted by Gasteiger charge is 2.03. The van der Waals surface area contributed by atoms with Gasteiger partial charge in [-0.1, -0.05) is 17.4 Å². The van der Waals surface area contributed by atoms with Crippen LogP contribution in [0, 0.1) is 6.92 Å². The van der Waals surface area contributed by atoms with Gasteiger partial charge in [-0.2, -0.15) is 4.99 Å². The van der Waals surface area contributed by atoms with E-state index in [2.05, 4.69) is 17.1 Å². The van der Waals surface area contributed by atoms with Crippen LogP contribution in [0.25, 0.3) is 16.3 Å². The molecule has 21 heavy (non-hydrogen) atoms. The molecule has 0 radical (unpaired) electrons. The van der Waals surface area contributed by atoms with Crippen LogP contribution < -0.4 is 4.80 Å². The van der Waals surface area contributed by atoms with E-state index in [1.807, 2.05) is 24.6 Å². The molecule has 106 valence electrons. The molecule has 0 bridgehead atoms. The molecule has 0 spiro atoms. The first-order valence-corrected chi connectivity index (χ1v) is 7.31. The average Bonchev–Trinajstić information content (AvgIpc) is 3.06. The predicted octanol–water partition coefficient (Wildman–Crippen LogP) is 3.28. The van der Waals surface area contributed by atoms with Crippen LogP contribution in [0.2, 0.25) is 0 Å². The largest absolute Gasteiger partial charge is 0.465 e. The number of nitrogens with zero attached hydrogens (tertiary/aromatic N) is 2. The van der Waals surface area contributed by atoms with Gasteiger partial charge >= 0.3 is 0 Å². The van der Waals surface area contributed by atoms with E-state index >= 15 is 0 Å². The summed E-state index contributed by atoms with van der Waals surface area (Å²) in [6.45, 7) is 2.05. The second kappa shape index (κ2) is 5.54. The van der Waals surface area contributed by atoms with E-state index in [0.29, 0.717) is 10.6 Å². The van der Waals surface area contributed by atoms with E-state index in [-0.39, 0.29) is 5.91 Å². The van der Waals surface area contributed by atoms with E-state index in [9.17, 15) is 4.79 Å². The van der Waals surface area contributed by atoms with Gasteiger partial charge in [0.15, 0.2) is 4.80 Å². The zero-order valence-corrected chi connectivity index (χ0v) is 12.6. The Balaban J connectivity index is 1.95. The first-order valence-electron chi connectivity index (χ1n) is 6.50. The molecule has 1 aromatic carbocycles. The van der Waals surface area contributed by atoms with Crippen molar-refractivity contribution in [2.45, 2.75) is 6.92 Å². The van der Waals surface area contributed by atoms with Gasteiger partial charge in [0, 0.05) is 13.1 Å². The van der Waals surface area contributed by atoms with Gasteiger partial charge in [0.25, 0.3) is 5.91 Å². The Morgan fingerprint density at radius 3 is 3.00 bits per heavy atom. The van der Waals surface area contributed by atoms with Crippen molar-refractivity contribution in [3.63, 3.8) is 0 Å². The lowest BCUT2D eigenvalue weighted by atomic mass is 10.2. The van der Waals surface area contributed by atoms with Crippen LogP contribution in [0.1, 0.15) is 11.3 Å².